The maximum Gasteiger partial charge on any atom is 0.195 e. The molecule has 3 nitrogen and oxygen atoms in total. The van der Waals surface area contributed by atoms with Crippen LogP contribution in [-0.2, 0) is 16.8 Å². The molecule has 74 valence electrons. The Morgan fingerprint density at radius 2 is 2.31 bits per heavy atom. The third-order valence-electron chi connectivity index (χ3n) is 1.97. The zero-order chi connectivity index (χ0) is 9.90. The van der Waals surface area contributed by atoms with E-state index in [-0.39, 0.29) is 0 Å². The van der Waals surface area contributed by atoms with Gasteiger partial charge >= 0.3 is 0 Å². The van der Waals surface area contributed by atoms with Gasteiger partial charge in [0.2, 0.25) is 0 Å². The van der Waals surface area contributed by atoms with Crippen molar-refractivity contribution in [2.24, 2.45) is 0 Å². The predicted octanol–water partition coefficient (Wildman–Crippen LogP) is 2.34. The zero-order valence-electron chi connectivity index (χ0n) is 8.13. The number of hydrogen-bond acceptors (Lipinski definition) is 3. The molecule has 0 aliphatic heterocycles. The highest BCUT2D eigenvalue weighted by Gasteiger charge is 2.24. The van der Waals surface area contributed by atoms with Crippen molar-refractivity contribution in [1.29, 1.82) is 0 Å². The molecule has 0 aromatic carbocycles. The van der Waals surface area contributed by atoms with Crippen LogP contribution in [0.2, 0.25) is 0 Å². The van der Waals surface area contributed by atoms with Crippen LogP contribution in [0.25, 0.3) is 0 Å². The number of aromatic nitrogens is 1. The van der Waals surface area contributed by atoms with Gasteiger partial charge in [0.1, 0.15) is 5.60 Å². The fourth-order valence-electron chi connectivity index (χ4n) is 0.886. The summed E-state index contributed by atoms with van der Waals surface area (Å²) >= 11 is 5.56. The number of rotatable bonds is 4. The number of ether oxygens (including phenoxy) is 1. The summed E-state index contributed by atoms with van der Waals surface area (Å²) in [5.41, 5.74) is -0.419. The maximum atomic E-state index is 5.56. The molecule has 0 saturated carbocycles. The Labute approximate surface area is 83.1 Å². The monoisotopic (exact) mass is 203 g/mol. The summed E-state index contributed by atoms with van der Waals surface area (Å²) in [6, 6.07) is 0. The second-order valence-electron chi connectivity index (χ2n) is 3.27. The minimum atomic E-state index is -0.419. The van der Waals surface area contributed by atoms with E-state index < -0.39 is 5.60 Å². The normalized spacial score (nSPS) is 12.0. The number of alkyl halides is 1. The first kappa shape index (κ1) is 10.5. The van der Waals surface area contributed by atoms with Gasteiger partial charge in [0.15, 0.2) is 11.7 Å². The van der Waals surface area contributed by atoms with Crippen molar-refractivity contribution >= 4 is 11.6 Å². The molecule has 1 aromatic heterocycles. The van der Waals surface area contributed by atoms with Crippen LogP contribution in [-0.4, -0.2) is 18.0 Å². The molecule has 0 aliphatic carbocycles. The average Bonchev–Trinajstić information content (AvgIpc) is 2.54. The average molecular weight is 204 g/mol. The van der Waals surface area contributed by atoms with Crippen molar-refractivity contribution in [1.82, 2.24) is 4.98 Å². The number of halogens is 1. The number of oxazole rings is 1. The van der Waals surface area contributed by atoms with Crippen molar-refractivity contribution in [3.05, 3.63) is 17.8 Å². The van der Waals surface area contributed by atoms with E-state index >= 15 is 0 Å². The van der Waals surface area contributed by atoms with Gasteiger partial charge < -0.3 is 9.15 Å². The van der Waals surface area contributed by atoms with Crippen LogP contribution in [0.15, 0.2) is 10.6 Å². The summed E-state index contributed by atoms with van der Waals surface area (Å²) in [6.45, 7) is 3.86. The van der Waals surface area contributed by atoms with Crippen molar-refractivity contribution in [3.63, 3.8) is 0 Å². The number of hydrogen-bond donors (Lipinski definition) is 0. The standard InChI is InChI=1S/C9H14ClNO2/c1-9(2,12-3)7-6-11-8(13-7)4-5-10/h6H,4-5H2,1-3H3. The Morgan fingerprint density at radius 1 is 1.62 bits per heavy atom. The van der Waals surface area contributed by atoms with Gasteiger partial charge in [-0.15, -0.1) is 11.6 Å². The SMILES string of the molecule is COC(C)(C)c1cnc(CCCl)o1. The quantitative estimate of drug-likeness (QED) is 0.705. The van der Waals surface area contributed by atoms with Gasteiger partial charge in [-0.3, -0.25) is 0 Å². The number of aryl methyl sites for hydroxylation is 1. The topological polar surface area (TPSA) is 35.3 Å². The first-order valence-electron chi connectivity index (χ1n) is 4.16. The van der Waals surface area contributed by atoms with Crippen molar-refractivity contribution in [3.8, 4) is 0 Å². The fourth-order valence-corrected chi connectivity index (χ4v) is 1.05. The molecule has 0 bridgehead atoms. The van der Waals surface area contributed by atoms with Gasteiger partial charge in [-0.2, -0.15) is 0 Å². The van der Waals surface area contributed by atoms with Crippen LogP contribution < -0.4 is 0 Å². The molecule has 1 rings (SSSR count). The van der Waals surface area contributed by atoms with Crippen LogP contribution in [0.4, 0.5) is 0 Å². The van der Waals surface area contributed by atoms with Gasteiger partial charge in [-0.25, -0.2) is 4.98 Å². The van der Waals surface area contributed by atoms with Gasteiger partial charge in [0.25, 0.3) is 0 Å². The molecular weight excluding hydrogens is 190 g/mol. The molecule has 0 saturated heterocycles. The summed E-state index contributed by atoms with van der Waals surface area (Å²) in [4.78, 5) is 4.09. The summed E-state index contributed by atoms with van der Waals surface area (Å²) in [7, 11) is 1.64. The van der Waals surface area contributed by atoms with Gasteiger partial charge in [-0.1, -0.05) is 0 Å². The molecule has 0 spiro atoms. The Morgan fingerprint density at radius 3 is 2.85 bits per heavy atom. The molecule has 0 aliphatic rings. The molecule has 0 unspecified atom stereocenters. The highest BCUT2D eigenvalue weighted by Crippen LogP contribution is 2.24. The Kier molecular flexibility index (Phi) is 3.33. The van der Waals surface area contributed by atoms with E-state index in [0.29, 0.717) is 18.2 Å². The molecule has 4 heteroatoms. The Bertz CT molecular complexity index is 270. The minimum absolute atomic E-state index is 0.419. The van der Waals surface area contributed by atoms with E-state index in [9.17, 15) is 0 Å². The van der Waals surface area contributed by atoms with E-state index in [0.717, 1.165) is 5.76 Å². The van der Waals surface area contributed by atoms with Crippen LogP contribution in [0, 0.1) is 0 Å². The molecule has 0 atom stereocenters. The van der Waals surface area contributed by atoms with Gasteiger partial charge in [-0.05, 0) is 13.8 Å². The number of nitrogens with zero attached hydrogens (tertiary/aromatic N) is 1. The Balaban J connectivity index is 2.79. The summed E-state index contributed by atoms with van der Waals surface area (Å²) in [6.07, 6.45) is 2.34. The molecule has 0 fully saturated rings. The molecule has 1 heterocycles. The van der Waals surface area contributed by atoms with E-state index in [1.807, 2.05) is 13.8 Å². The van der Waals surface area contributed by atoms with E-state index in [4.69, 9.17) is 20.8 Å². The lowest BCUT2D eigenvalue weighted by Gasteiger charge is -2.18. The van der Waals surface area contributed by atoms with Crippen molar-refractivity contribution in [2.75, 3.05) is 13.0 Å². The second kappa shape index (κ2) is 4.11. The summed E-state index contributed by atoms with van der Waals surface area (Å²) < 4.78 is 10.7. The highest BCUT2D eigenvalue weighted by molar-refractivity contribution is 6.17. The second-order valence-corrected chi connectivity index (χ2v) is 3.65. The molecule has 0 amide bonds. The van der Waals surface area contributed by atoms with E-state index in [1.165, 1.54) is 0 Å². The molecule has 13 heavy (non-hydrogen) atoms. The van der Waals surface area contributed by atoms with Crippen LogP contribution in [0.3, 0.4) is 0 Å². The first-order chi connectivity index (χ1) is 6.10. The minimum Gasteiger partial charge on any atom is -0.443 e. The molecule has 0 radical (unpaired) electrons. The van der Waals surface area contributed by atoms with E-state index in [1.54, 1.807) is 13.3 Å². The predicted molar refractivity (Wildman–Crippen MR) is 51.0 cm³/mol. The lowest BCUT2D eigenvalue weighted by Crippen LogP contribution is -2.18. The van der Waals surface area contributed by atoms with Gasteiger partial charge in [0.05, 0.1) is 6.20 Å². The van der Waals surface area contributed by atoms with E-state index in [2.05, 4.69) is 4.98 Å². The molecule has 1 aromatic rings. The first-order valence-corrected chi connectivity index (χ1v) is 4.70. The maximum absolute atomic E-state index is 5.56. The van der Waals surface area contributed by atoms with Crippen molar-refractivity contribution in [2.45, 2.75) is 25.9 Å². The lowest BCUT2D eigenvalue weighted by molar-refractivity contribution is 0.000162. The third kappa shape index (κ3) is 2.45. The smallest absolute Gasteiger partial charge is 0.195 e. The highest BCUT2D eigenvalue weighted by atomic mass is 35.5. The molecular formula is C9H14ClNO2. The number of methoxy groups -OCH3 is 1. The zero-order valence-corrected chi connectivity index (χ0v) is 8.89. The van der Waals surface area contributed by atoms with Gasteiger partial charge in [0, 0.05) is 19.4 Å². The van der Waals surface area contributed by atoms with Crippen LogP contribution in [0.1, 0.15) is 25.5 Å². The Hall–Kier alpha value is -0.540. The summed E-state index contributed by atoms with van der Waals surface area (Å²) in [5, 5.41) is 0. The van der Waals surface area contributed by atoms with Crippen LogP contribution in [0.5, 0.6) is 0 Å². The third-order valence-corrected chi connectivity index (χ3v) is 2.15. The van der Waals surface area contributed by atoms with Crippen molar-refractivity contribution < 1.29 is 9.15 Å². The largest absolute Gasteiger partial charge is 0.443 e. The summed E-state index contributed by atoms with van der Waals surface area (Å²) in [5.74, 6) is 1.91. The fraction of sp³-hybridized carbons (Fsp3) is 0.667. The lowest BCUT2D eigenvalue weighted by atomic mass is 10.1. The van der Waals surface area contributed by atoms with Crippen LogP contribution >= 0.6 is 11.6 Å². The molecule has 0 N–H and O–H groups in total.